The Hall–Kier alpha value is -4.41. The number of aryl methyl sites for hydroxylation is 2. The fourth-order valence-electron chi connectivity index (χ4n) is 8.05. The monoisotopic (exact) mass is 789 g/mol. The van der Waals surface area contributed by atoms with Crippen molar-refractivity contribution < 1.29 is 50.2 Å². The van der Waals surface area contributed by atoms with Crippen LogP contribution in [0, 0.1) is 12.8 Å². The number of benzene rings is 1. The molecule has 2 saturated carbocycles. The van der Waals surface area contributed by atoms with Crippen molar-refractivity contribution >= 4 is 44.7 Å². The second kappa shape index (κ2) is 14.0. The van der Waals surface area contributed by atoms with Crippen LogP contribution in [0.2, 0.25) is 0 Å². The van der Waals surface area contributed by atoms with Crippen LogP contribution >= 0.6 is 0 Å². The highest BCUT2D eigenvalue weighted by Crippen LogP contribution is 2.49. The molecule has 4 amide bonds. The lowest BCUT2D eigenvalue weighted by Crippen LogP contribution is -2.58. The first-order valence-corrected chi connectivity index (χ1v) is 20.3. The third kappa shape index (κ3) is 7.47. The summed E-state index contributed by atoms with van der Waals surface area (Å²) in [6.45, 7) is 3.93. The quantitative estimate of drug-likeness (QED) is 0.365. The molecule has 0 bridgehead atoms. The summed E-state index contributed by atoms with van der Waals surface area (Å²) in [7, 11) is -4.05. The Labute approximate surface area is 317 Å². The van der Waals surface area contributed by atoms with Crippen molar-refractivity contribution in [2.75, 3.05) is 6.54 Å². The third-order valence-corrected chi connectivity index (χ3v) is 14.1. The van der Waals surface area contributed by atoms with Crippen molar-refractivity contribution in [3.8, 4) is 5.75 Å². The molecule has 3 aliphatic heterocycles. The Morgan fingerprint density at radius 3 is 2.58 bits per heavy atom. The number of hydrogen-bond donors (Lipinski definition) is 3. The molecule has 4 heterocycles. The SMILES string of the molecule is Cc1nc2ccccc2c2c1OC1(CC2)CC2C(=O)NC3(C(=O)NS(=O)(=O)C4(C)CC4)CC3C=CCCCCCC(NC(=O)OC(C)C(F)(F)F)C(=O)N2C1. The van der Waals surface area contributed by atoms with E-state index in [2.05, 4.69) is 20.1 Å². The third-order valence-electron chi connectivity index (χ3n) is 11.9. The first-order chi connectivity index (χ1) is 25.9. The number of carbonyl (C=O) groups excluding carboxylic acids is 4. The smallest absolute Gasteiger partial charge is 0.425 e. The number of fused-ring (bicyclic) bond motifs is 5. The summed E-state index contributed by atoms with van der Waals surface area (Å²) in [6.07, 6.45) is -0.913. The number of nitrogens with zero attached hydrogens (tertiary/aromatic N) is 2. The van der Waals surface area contributed by atoms with Crippen molar-refractivity contribution in [1.82, 2.24) is 25.2 Å². The van der Waals surface area contributed by atoms with Crippen LogP contribution in [0.3, 0.4) is 0 Å². The minimum atomic E-state index is -4.83. The number of alkyl halides is 3. The molecule has 2 aliphatic carbocycles. The van der Waals surface area contributed by atoms with Gasteiger partial charge in [-0.2, -0.15) is 13.2 Å². The second-order valence-corrected chi connectivity index (χ2v) is 18.2. The molecule has 298 valence electrons. The van der Waals surface area contributed by atoms with Crippen molar-refractivity contribution in [3.05, 3.63) is 47.7 Å². The predicted octanol–water partition coefficient (Wildman–Crippen LogP) is 4.65. The molecule has 55 heavy (non-hydrogen) atoms. The first kappa shape index (κ1) is 38.8. The van der Waals surface area contributed by atoms with E-state index < -0.39 is 80.0 Å². The molecule has 2 aromatic rings. The van der Waals surface area contributed by atoms with Gasteiger partial charge in [-0.05, 0) is 78.2 Å². The van der Waals surface area contributed by atoms with Gasteiger partial charge in [-0.15, -0.1) is 0 Å². The number of sulfonamides is 1. The number of allylic oxidation sites excluding steroid dienone is 1. The molecule has 7 rings (SSSR count). The average Bonchev–Trinajstić information content (AvgIpc) is 4.01. The highest BCUT2D eigenvalue weighted by atomic mass is 32.2. The number of pyridine rings is 1. The number of aromatic nitrogens is 1. The average molecular weight is 790 g/mol. The molecular weight excluding hydrogens is 744 g/mol. The number of para-hydroxylation sites is 1. The molecule has 1 aromatic carbocycles. The number of amides is 4. The minimum absolute atomic E-state index is 0.0207. The molecule has 5 aliphatic rings. The number of nitrogens with one attached hydrogen (secondary N) is 3. The molecule has 17 heteroatoms. The van der Waals surface area contributed by atoms with Crippen molar-refractivity contribution in [2.45, 2.75) is 132 Å². The minimum Gasteiger partial charge on any atom is -0.483 e. The van der Waals surface area contributed by atoms with Crippen molar-refractivity contribution in [3.63, 3.8) is 0 Å². The number of rotatable bonds is 5. The summed E-state index contributed by atoms with van der Waals surface area (Å²) in [6, 6.07) is 5.03. The zero-order valence-electron chi connectivity index (χ0n) is 31.0. The zero-order valence-corrected chi connectivity index (χ0v) is 31.8. The Kier molecular flexibility index (Phi) is 9.86. The van der Waals surface area contributed by atoms with Crippen LogP contribution in [0.1, 0.15) is 89.3 Å². The zero-order chi connectivity index (χ0) is 39.6. The summed E-state index contributed by atoms with van der Waals surface area (Å²) in [5, 5.41) is 6.08. The summed E-state index contributed by atoms with van der Waals surface area (Å²) in [5.74, 6) is -2.30. The van der Waals surface area contributed by atoms with E-state index in [1.54, 1.807) is 13.0 Å². The summed E-state index contributed by atoms with van der Waals surface area (Å²) >= 11 is 0. The largest absolute Gasteiger partial charge is 0.483 e. The lowest BCUT2D eigenvalue weighted by Gasteiger charge is -2.36. The Morgan fingerprint density at radius 1 is 1.11 bits per heavy atom. The topological polar surface area (TPSA) is 173 Å². The van der Waals surface area contributed by atoms with Crippen LogP contribution < -0.4 is 20.1 Å². The van der Waals surface area contributed by atoms with E-state index in [0.717, 1.165) is 16.5 Å². The van der Waals surface area contributed by atoms with Gasteiger partial charge in [-0.3, -0.25) is 19.1 Å². The van der Waals surface area contributed by atoms with E-state index >= 15 is 0 Å². The maximum atomic E-state index is 14.6. The Bertz CT molecular complexity index is 2060. The van der Waals surface area contributed by atoms with E-state index in [-0.39, 0.29) is 25.8 Å². The second-order valence-electron chi connectivity index (χ2n) is 16.0. The van der Waals surface area contributed by atoms with Crippen LogP contribution in [0.4, 0.5) is 18.0 Å². The molecule has 6 unspecified atom stereocenters. The van der Waals surface area contributed by atoms with Gasteiger partial charge in [0.1, 0.15) is 29.0 Å². The molecule has 1 saturated heterocycles. The number of hydrogen-bond acceptors (Lipinski definition) is 9. The van der Waals surface area contributed by atoms with Gasteiger partial charge in [0, 0.05) is 23.3 Å². The Balaban J connectivity index is 1.22. The summed E-state index contributed by atoms with van der Waals surface area (Å²) < 4.78 is 78.6. The van der Waals surface area contributed by atoms with E-state index in [4.69, 9.17) is 9.72 Å². The molecule has 0 radical (unpaired) electrons. The Morgan fingerprint density at radius 2 is 1.85 bits per heavy atom. The number of ether oxygens (including phenoxy) is 2. The van der Waals surface area contributed by atoms with Gasteiger partial charge in [0.15, 0.2) is 6.10 Å². The van der Waals surface area contributed by atoms with E-state index in [0.29, 0.717) is 69.7 Å². The summed E-state index contributed by atoms with van der Waals surface area (Å²) in [4.78, 5) is 61.8. The van der Waals surface area contributed by atoms with Gasteiger partial charge in [0.05, 0.1) is 22.5 Å². The van der Waals surface area contributed by atoms with Crippen LogP contribution in [0.5, 0.6) is 5.75 Å². The maximum Gasteiger partial charge on any atom is 0.425 e. The molecule has 3 N–H and O–H groups in total. The standard InChI is InChI=1S/C38H46F3N5O8S/c1-22-30-26(25-12-9-10-13-27(25)42-22)15-16-36(54-30)20-29-31(47)44-37(33(49)45-55(51,52)35(3)17-18-35)19-24(37)11-7-5-4-6-8-14-28(32(48)46(29)21-36)43-34(50)53-23(2)38(39,40)41/h7,9-13,23-24,28-29H,4-6,8,14-21H2,1-3H3,(H,43,50)(H,44,47)(H,45,49). The van der Waals surface area contributed by atoms with Gasteiger partial charge < -0.3 is 25.0 Å². The van der Waals surface area contributed by atoms with E-state index in [1.165, 1.54) is 4.90 Å². The van der Waals surface area contributed by atoms with Crippen LogP contribution in [-0.4, -0.2) is 88.9 Å². The summed E-state index contributed by atoms with van der Waals surface area (Å²) in [5.41, 5.74) is -0.373. The molecule has 1 aromatic heterocycles. The van der Waals surface area contributed by atoms with Gasteiger partial charge in [-0.1, -0.05) is 43.2 Å². The highest BCUT2D eigenvalue weighted by Gasteiger charge is 2.64. The molecule has 1 spiro atoms. The molecule has 6 atom stereocenters. The molecular formula is C38H46F3N5O8S. The number of carbonyl (C=O) groups is 4. The predicted molar refractivity (Wildman–Crippen MR) is 193 cm³/mol. The van der Waals surface area contributed by atoms with Crippen molar-refractivity contribution in [2.24, 2.45) is 5.92 Å². The van der Waals surface area contributed by atoms with Crippen LogP contribution in [0.15, 0.2) is 36.4 Å². The van der Waals surface area contributed by atoms with Crippen LogP contribution in [-0.2, 0) is 35.6 Å². The molecule has 13 nitrogen and oxygen atoms in total. The lowest BCUT2D eigenvalue weighted by molar-refractivity contribution is -0.197. The van der Waals surface area contributed by atoms with E-state index in [9.17, 15) is 40.8 Å². The maximum absolute atomic E-state index is 14.6. The van der Waals surface area contributed by atoms with Gasteiger partial charge in [-0.25, -0.2) is 18.2 Å². The van der Waals surface area contributed by atoms with E-state index in [1.807, 2.05) is 37.3 Å². The normalized spacial score (nSPS) is 29.7. The lowest BCUT2D eigenvalue weighted by atomic mass is 9.87. The highest BCUT2D eigenvalue weighted by molar-refractivity contribution is 7.91. The number of halogens is 3. The van der Waals surface area contributed by atoms with Gasteiger partial charge in [0.2, 0.25) is 21.8 Å². The first-order valence-electron chi connectivity index (χ1n) is 18.8. The van der Waals surface area contributed by atoms with Gasteiger partial charge in [0.25, 0.3) is 5.91 Å². The number of alkyl carbamates (subject to hydrolysis) is 1. The fraction of sp³-hybridized carbons (Fsp3) is 0.605. The van der Waals surface area contributed by atoms with Crippen LogP contribution in [0.25, 0.3) is 10.9 Å². The molecule has 3 fully saturated rings. The fourth-order valence-corrected chi connectivity index (χ4v) is 9.36. The van der Waals surface area contributed by atoms with Crippen molar-refractivity contribution in [1.29, 1.82) is 0 Å². The van der Waals surface area contributed by atoms with Gasteiger partial charge >= 0.3 is 12.3 Å².